The number of ether oxygens (including phenoxy) is 1. The van der Waals surface area contributed by atoms with E-state index in [0.717, 1.165) is 17.2 Å². The Bertz CT molecular complexity index is 767. The highest BCUT2D eigenvalue weighted by molar-refractivity contribution is 6.10. The molecular formula is C16H15NO5. The number of aromatic hydroxyl groups is 1. The zero-order chi connectivity index (χ0) is 16.4. The van der Waals surface area contributed by atoms with E-state index in [0.29, 0.717) is 5.56 Å². The lowest BCUT2D eigenvalue weighted by Crippen LogP contribution is -2.05. The van der Waals surface area contributed by atoms with E-state index in [1.54, 1.807) is 19.1 Å². The van der Waals surface area contributed by atoms with Crippen LogP contribution in [0.4, 0.5) is 5.69 Å². The van der Waals surface area contributed by atoms with E-state index in [1.165, 1.54) is 13.2 Å². The Balaban J connectivity index is 2.58. The average Bonchev–Trinajstić information content (AvgIpc) is 2.46. The monoisotopic (exact) mass is 301 g/mol. The van der Waals surface area contributed by atoms with Crippen LogP contribution in [0.3, 0.4) is 0 Å². The summed E-state index contributed by atoms with van der Waals surface area (Å²) in [4.78, 5) is 22.8. The summed E-state index contributed by atoms with van der Waals surface area (Å²) < 4.78 is 4.91. The fourth-order valence-corrected chi connectivity index (χ4v) is 2.24. The molecule has 0 fully saturated rings. The molecule has 2 aromatic carbocycles. The standard InChI is InChI=1S/C16H15NO5/c1-9-4-5-12(10(2)6-9)15(18)11-7-13(17(20)21)16(19)14(8-11)22-3/h4-8,19H,1-3H3. The molecule has 6 heteroatoms. The number of rotatable bonds is 4. The van der Waals surface area contributed by atoms with Crippen molar-refractivity contribution in [1.82, 2.24) is 0 Å². The summed E-state index contributed by atoms with van der Waals surface area (Å²) in [7, 11) is 1.27. The van der Waals surface area contributed by atoms with Crippen LogP contribution < -0.4 is 4.74 Å². The largest absolute Gasteiger partial charge is 0.500 e. The third-order valence-corrected chi connectivity index (χ3v) is 3.36. The first-order chi connectivity index (χ1) is 10.3. The van der Waals surface area contributed by atoms with Gasteiger partial charge in [0.05, 0.1) is 12.0 Å². The van der Waals surface area contributed by atoms with Gasteiger partial charge in [-0.25, -0.2) is 0 Å². The molecule has 0 aromatic heterocycles. The number of nitrogens with zero attached hydrogens (tertiary/aromatic N) is 1. The summed E-state index contributed by atoms with van der Waals surface area (Å²) in [6.45, 7) is 3.71. The summed E-state index contributed by atoms with van der Waals surface area (Å²) in [6.07, 6.45) is 0. The number of methoxy groups -OCH3 is 1. The molecule has 0 spiro atoms. The Kier molecular flexibility index (Phi) is 4.12. The van der Waals surface area contributed by atoms with Crippen LogP contribution in [0.1, 0.15) is 27.0 Å². The first-order valence-electron chi connectivity index (χ1n) is 6.52. The maximum absolute atomic E-state index is 12.6. The van der Waals surface area contributed by atoms with Gasteiger partial charge in [0.2, 0.25) is 5.75 Å². The van der Waals surface area contributed by atoms with Gasteiger partial charge >= 0.3 is 5.69 Å². The van der Waals surface area contributed by atoms with Crippen LogP contribution in [0.25, 0.3) is 0 Å². The van der Waals surface area contributed by atoms with Gasteiger partial charge in [0.25, 0.3) is 0 Å². The van der Waals surface area contributed by atoms with Crippen LogP contribution in [0.2, 0.25) is 0 Å². The van der Waals surface area contributed by atoms with E-state index in [9.17, 15) is 20.0 Å². The van der Waals surface area contributed by atoms with Gasteiger partial charge < -0.3 is 9.84 Å². The number of nitro groups is 1. The third kappa shape index (κ3) is 2.76. The predicted molar refractivity (Wildman–Crippen MR) is 80.7 cm³/mol. The Hall–Kier alpha value is -2.89. The zero-order valence-corrected chi connectivity index (χ0v) is 12.4. The van der Waals surface area contributed by atoms with E-state index in [2.05, 4.69) is 0 Å². The second kappa shape index (κ2) is 5.85. The number of carbonyl (C=O) groups excluding carboxylic acids is 1. The number of hydrogen-bond donors (Lipinski definition) is 1. The van der Waals surface area contributed by atoms with Crippen LogP contribution in [-0.4, -0.2) is 22.9 Å². The van der Waals surface area contributed by atoms with E-state index >= 15 is 0 Å². The lowest BCUT2D eigenvalue weighted by atomic mass is 9.97. The van der Waals surface area contributed by atoms with Crippen molar-refractivity contribution in [3.8, 4) is 11.5 Å². The number of aryl methyl sites for hydroxylation is 2. The van der Waals surface area contributed by atoms with Crippen molar-refractivity contribution in [2.75, 3.05) is 7.11 Å². The minimum absolute atomic E-state index is 0.0910. The molecular weight excluding hydrogens is 286 g/mol. The van der Waals surface area contributed by atoms with Crippen molar-refractivity contribution < 1.29 is 19.6 Å². The van der Waals surface area contributed by atoms with Crippen molar-refractivity contribution >= 4 is 11.5 Å². The van der Waals surface area contributed by atoms with Crippen LogP contribution in [-0.2, 0) is 0 Å². The summed E-state index contributed by atoms with van der Waals surface area (Å²) >= 11 is 0. The molecule has 0 saturated heterocycles. The fourth-order valence-electron chi connectivity index (χ4n) is 2.24. The molecule has 0 aliphatic rings. The van der Waals surface area contributed by atoms with Gasteiger partial charge in [-0.2, -0.15) is 0 Å². The minimum Gasteiger partial charge on any atom is -0.500 e. The Morgan fingerprint density at radius 3 is 2.45 bits per heavy atom. The summed E-state index contributed by atoms with van der Waals surface area (Å²) in [5, 5.41) is 20.7. The van der Waals surface area contributed by atoms with E-state index in [4.69, 9.17) is 4.74 Å². The molecule has 0 unspecified atom stereocenters. The summed E-state index contributed by atoms with van der Waals surface area (Å²) in [5.74, 6) is -1.06. The molecule has 0 atom stereocenters. The van der Waals surface area contributed by atoms with Crippen LogP contribution >= 0.6 is 0 Å². The van der Waals surface area contributed by atoms with Gasteiger partial charge in [-0.15, -0.1) is 0 Å². The van der Waals surface area contributed by atoms with Crippen LogP contribution in [0, 0.1) is 24.0 Å². The molecule has 2 rings (SSSR count). The highest BCUT2D eigenvalue weighted by Crippen LogP contribution is 2.37. The maximum atomic E-state index is 12.6. The lowest BCUT2D eigenvalue weighted by molar-refractivity contribution is -0.386. The smallest absolute Gasteiger partial charge is 0.315 e. The minimum atomic E-state index is -0.753. The van der Waals surface area contributed by atoms with Gasteiger partial charge in [0.1, 0.15) is 0 Å². The van der Waals surface area contributed by atoms with Crippen molar-refractivity contribution in [1.29, 1.82) is 0 Å². The first kappa shape index (κ1) is 15.5. The Labute approximate surface area is 127 Å². The molecule has 2 aromatic rings. The molecule has 0 bridgehead atoms. The zero-order valence-electron chi connectivity index (χ0n) is 12.4. The molecule has 0 saturated carbocycles. The van der Waals surface area contributed by atoms with E-state index in [-0.39, 0.29) is 17.1 Å². The van der Waals surface area contributed by atoms with Gasteiger partial charge in [-0.1, -0.05) is 23.8 Å². The Morgan fingerprint density at radius 2 is 1.91 bits per heavy atom. The highest BCUT2D eigenvalue weighted by atomic mass is 16.6. The number of phenolic OH excluding ortho intramolecular Hbond substituents is 1. The quantitative estimate of drug-likeness (QED) is 0.532. The van der Waals surface area contributed by atoms with Crippen molar-refractivity contribution in [3.05, 3.63) is 62.7 Å². The molecule has 0 heterocycles. The van der Waals surface area contributed by atoms with Gasteiger partial charge in [0, 0.05) is 17.2 Å². The predicted octanol–water partition coefficient (Wildman–Crippen LogP) is 3.16. The Morgan fingerprint density at radius 1 is 1.23 bits per heavy atom. The number of nitro benzene ring substituents is 1. The van der Waals surface area contributed by atoms with Crippen molar-refractivity contribution in [2.45, 2.75) is 13.8 Å². The van der Waals surface area contributed by atoms with Crippen molar-refractivity contribution in [2.24, 2.45) is 0 Å². The first-order valence-corrected chi connectivity index (χ1v) is 6.52. The third-order valence-electron chi connectivity index (χ3n) is 3.36. The number of benzene rings is 2. The molecule has 0 amide bonds. The number of ketones is 1. The SMILES string of the molecule is COc1cc(C(=O)c2ccc(C)cc2C)cc([N+](=O)[O-])c1O. The molecule has 114 valence electrons. The molecule has 0 aliphatic carbocycles. The maximum Gasteiger partial charge on any atom is 0.315 e. The number of carbonyl (C=O) groups is 1. The molecule has 22 heavy (non-hydrogen) atoms. The van der Waals surface area contributed by atoms with Crippen LogP contribution in [0.5, 0.6) is 11.5 Å². The summed E-state index contributed by atoms with van der Waals surface area (Å²) in [6, 6.07) is 7.69. The second-order valence-electron chi connectivity index (χ2n) is 4.95. The van der Waals surface area contributed by atoms with E-state index < -0.39 is 16.4 Å². The van der Waals surface area contributed by atoms with Crippen molar-refractivity contribution in [3.63, 3.8) is 0 Å². The second-order valence-corrected chi connectivity index (χ2v) is 4.95. The van der Waals surface area contributed by atoms with Crippen LogP contribution in [0.15, 0.2) is 30.3 Å². The van der Waals surface area contributed by atoms with Gasteiger partial charge in [-0.3, -0.25) is 14.9 Å². The number of phenols is 1. The summed E-state index contributed by atoms with van der Waals surface area (Å²) in [5.41, 5.74) is 1.77. The molecule has 0 aliphatic heterocycles. The molecule has 1 N–H and O–H groups in total. The van der Waals surface area contributed by atoms with Gasteiger partial charge in [-0.05, 0) is 25.5 Å². The normalized spacial score (nSPS) is 10.3. The fraction of sp³-hybridized carbons (Fsp3) is 0.188. The van der Waals surface area contributed by atoms with E-state index in [1.807, 2.05) is 13.0 Å². The highest BCUT2D eigenvalue weighted by Gasteiger charge is 2.23. The average molecular weight is 301 g/mol. The topological polar surface area (TPSA) is 89.7 Å². The molecule has 0 radical (unpaired) electrons. The lowest BCUT2D eigenvalue weighted by Gasteiger charge is -2.09. The molecule has 6 nitrogen and oxygen atoms in total. The number of hydrogen-bond acceptors (Lipinski definition) is 5. The van der Waals surface area contributed by atoms with Gasteiger partial charge in [0.15, 0.2) is 11.5 Å².